The lowest BCUT2D eigenvalue weighted by atomic mass is 10.1. The average molecular weight is 491 g/mol. The van der Waals surface area contributed by atoms with Gasteiger partial charge in [0.05, 0.1) is 40.4 Å². The van der Waals surface area contributed by atoms with E-state index in [9.17, 15) is 9.59 Å². The van der Waals surface area contributed by atoms with Crippen LogP contribution in [0.4, 0.5) is 0 Å². The van der Waals surface area contributed by atoms with E-state index in [1.807, 2.05) is 13.8 Å². The summed E-state index contributed by atoms with van der Waals surface area (Å²) in [6.07, 6.45) is 2.29. The Labute approximate surface area is 205 Å². The molecule has 0 fully saturated rings. The Kier molecular flexibility index (Phi) is 5.86. The summed E-state index contributed by atoms with van der Waals surface area (Å²) in [7, 11) is 1.79. The van der Waals surface area contributed by atoms with E-state index < -0.39 is 0 Å². The number of nitrogens with one attached hydrogen (secondary N) is 1. The van der Waals surface area contributed by atoms with E-state index in [4.69, 9.17) is 16.0 Å². The third-order valence-electron chi connectivity index (χ3n) is 5.81. The smallest absolute Gasteiger partial charge is 0.258 e. The fraction of sp³-hybridized carbons (Fsp3) is 0.240. The van der Waals surface area contributed by atoms with Gasteiger partial charge in [0, 0.05) is 18.6 Å². The maximum atomic E-state index is 13.9. The lowest BCUT2D eigenvalue weighted by Gasteiger charge is -2.22. The van der Waals surface area contributed by atoms with Crippen molar-refractivity contribution in [3.05, 3.63) is 75.1 Å². The molecule has 0 unspecified atom stereocenters. The molecule has 1 N–H and O–H groups in total. The summed E-state index contributed by atoms with van der Waals surface area (Å²) < 4.78 is 7.20. The van der Waals surface area contributed by atoms with Gasteiger partial charge in [-0.2, -0.15) is 5.10 Å². The molecule has 4 aromatic heterocycles. The third-order valence-corrected chi connectivity index (χ3v) is 6.05. The first-order chi connectivity index (χ1) is 16.9. The van der Waals surface area contributed by atoms with Crippen LogP contribution in [0.1, 0.15) is 35.2 Å². The van der Waals surface area contributed by atoms with Crippen molar-refractivity contribution in [3.8, 4) is 11.5 Å². The van der Waals surface area contributed by atoms with Crippen molar-refractivity contribution < 1.29 is 9.21 Å². The number of pyridine rings is 1. The van der Waals surface area contributed by atoms with Crippen LogP contribution in [0.15, 0.2) is 51.9 Å². The van der Waals surface area contributed by atoms with Gasteiger partial charge in [0.25, 0.3) is 11.5 Å². The molecule has 35 heavy (non-hydrogen) atoms. The number of carbonyl (C=O) groups excluding carboxylic acids is 1. The number of benzene rings is 1. The molecule has 5 rings (SSSR count). The molecular formula is C25H23ClN6O3. The van der Waals surface area contributed by atoms with Crippen LogP contribution in [0, 0.1) is 6.92 Å². The van der Waals surface area contributed by atoms with E-state index in [0.717, 1.165) is 6.42 Å². The Morgan fingerprint density at radius 3 is 2.80 bits per heavy atom. The van der Waals surface area contributed by atoms with Crippen molar-refractivity contribution in [2.45, 2.75) is 26.8 Å². The Balaban J connectivity index is 1.60. The molecule has 0 atom stereocenters. The van der Waals surface area contributed by atoms with Crippen LogP contribution in [-0.2, 0) is 13.6 Å². The number of aromatic amines is 1. The largest absolute Gasteiger partial charge is 0.463 e. The normalized spacial score (nSPS) is 11.4. The van der Waals surface area contributed by atoms with Gasteiger partial charge < -0.3 is 14.3 Å². The molecule has 9 nitrogen and oxygen atoms in total. The highest BCUT2D eigenvalue weighted by Gasteiger charge is 2.24. The minimum absolute atomic E-state index is 0.129. The molecule has 0 aliphatic heterocycles. The Bertz CT molecular complexity index is 1620. The Morgan fingerprint density at radius 2 is 2.06 bits per heavy atom. The summed E-state index contributed by atoms with van der Waals surface area (Å²) in [6, 6.07) is 10.2. The van der Waals surface area contributed by atoms with Crippen molar-refractivity contribution in [2.24, 2.45) is 7.05 Å². The summed E-state index contributed by atoms with van der Waals surface area (Å²) >= 11 is 6.10. The zero-order valence-electron chi connectivity index (χ0n) is 19.5. The van der Waals surface area contributed by atoms with Gasteiger partial charge in [-0.3, -0.25) is 14.3 Å². The predicted octanol–water partition coefficient (Wildman–Crippen LogP) is 4.48. The fourth-order valence-electron chi connectivity index (χ4n) is 4.27. The lowest BCUT2D eigenvalue weighted by molar-refractivity contribution is 0.0741. The van der Waals surface area contributed by atoms with Crippen molar-refractivity contribution in [2.75, 3.05) is 6.54 Å². The molecule has 5 aromatic rings. The highest BCUT2D eigenvalue weighted by Crippen LogP contribution is 2.28. The molecule has 10 heteroatoms. The minimum atomic E-state index is -0.278. The number of aryl methyl sites for hydroxylation is 2. The molecule has 0 aliphatic rings. The number of hydrogen-bond donors (Lipinski definition) is 1. The van der Waals surface area contributed by atoms with E-state index >= 15 is 0 Å². The van der Waals surface area contributed by atoms with Gasteiger partial charge in [-0.1, -0.05) is 18.5 Å². The Morgan fingerprint density at radius 1 is 1.23 bits per heavy atom. The molecule has 4 heterocycles. The summed E-state index contributed by atoms with van der Waals surface area (Å²) in [6.45, 7) is 4.44. The average Bonchev–Trinajstić information content (AvgIpc) is 3.46. The van der Waals surface area contributed by atoms with Crippen LogP contribution in [0.3, 0.4) is 0 Å². The van der Waals surface area contributed by atoms with Crippen LogP contribution < -0.4 is 5.56 Å². The maximum Gasteiger partial charge on any atom is 0.258 e. The van der Waals surface area contributed by atoms with E-state index in [1.165, 1.54) is 0 Å². The van der Waals surface area contributed by atoms with E-state index in [0.29, 0.717) is 62.0 Å². The van der Waals surface area contributed by atoms with Gasteiger partial charge >= 0.3 is 0 Å². The summed E-state index contributed by atoms with van der Waals surface area (Å²) in [4.78, 5) is 40.3. The number of halogens is 1. The number of aromatic nitrogens is 5. The minimum Gasteiger partial charge on any atom is -0.463 e. The van der Waals surface area contributed by atoms with Gasteiger partial charge in [-0.05, 0) is 49.7 Å². The molecule has 1 amide bonds. The molecule has 0 saturated heterocycles. The number of rotatable bonds is 6. The fourth-order valence-corrected chi connectivity index (χ4v) is 4.44. The zero-order valence-corrected chi connectivity index (χ0v) is 20.3. The van der Waals surface area contributed by atoms with Crippen LogP contribution in [0.25, 0.3) is 33.4 Å². The molecular weight excluding hydrogens is 468 g/mol. The van der Waals surface area contributed by atoms with Gasteiger partial charge in [-0.15, -0.1) is 0 Å². The number of fused-ring (bicyclic) bond motifs is 2. The molecule has 0 spiro atoms. The summed E-state index contributed by atoms with van der Waals surface area (Å²) in [5.74, 6) is 0.724. The van der Waals surface area contributed by atoms with Gasteiger partial charge in [0.15, 0.2) is 11.4 Å². The van der Waals surface area contributed by atoms with Crippen molar-refractivity contribution in [3.63, 3.8) is 0 Å². The first-order valence-corrected chi connectivity index (χ1v) is 11.6. The van der Waals surface area contributed by atoms with E-state index in [1.54, 1.807) is 59.3 Å². The molecule has 0 aliphatic carbocycles. The maximum absolute atomic E-state index is 13.9. The Hall–Kier alpha value is -3.98. The lowest BCUT2D eigenvalue weighted by Crippen LogP contribution is -2.33. The zero-order chi connectivity index (χ0) is 24.7. The van der Waals surface area contributed by atoms with Crippen molar-refractivity contribution >= 4 is 39.4 Å². The van der Waals surface area contributed by atoms with Gasteiger partial charge in [0.1, 0.15) is 11.5 Å². The van der Waals surface area contributed by atoms with Crippen LogP contribution in [0.2, 0.25) is 5.02 Å². The predicted molar refractivity (Wildman–Crippen MR) is 133 cm³/mol. The second-order valence-electron chi connectivity index (χ2n) is 8.34. The van der Waals surface area contributed by atoms with E-state index in [-0.39, 0.29) is 18.0 Å². The standard InChI is InChI=1S/C25H23ClN6O3/c1-4-9-32(13-21-27-18-11-15(26)7-8-16(18)24(33)29-21)25(34)17-12-19(20-6-5-10-35-20)28-23-22(17)14(2)30-31(23)3/h5-8,10-12H,4,9,13H2,1-3H3,(H,27,29,33). The number of hydrogen-bond acceptors (Lipinski definition) is 6. The highest BCUT2D eigenvalue weighted by atomic mass is 35.5. The monoisotopic (exact) mass is 490 g/mol. The second-order valence-corrected chi connectivity index (χ2v) is 8.78. The van der Waals surface area contributed by atoms with Crippen LogP contribution >= 0.6 is 11.6 Å². The number of carbonyl (C=O) groups is 1. The molecule has 0 radical (unpaired) electrons. The van der Waals surface area contributed by atoms with Crippen LogP contribution in [-0.4, -0.2) is 42.1 Å². The molecule has 0 saturated carbocycles. The SMILES string of the molecule is CCCN(Cc1nc2cc(Cl)ccc2c(=O)[nH]1)C(=O)c1cc(-c2ccco2)nc2c1c(C)nn2C. The second kappa shape index (κ2) is 8.99. The topological polar surface area (TPSA) is 110 Å². The summed E-state index contributed by atoms with van der Waals surface area (Å²) in [5, 5.41) is 6.09. The van der Waals surface area contributed by atoms with Gasteiger partial charge in [0.2, 0.25) is 0 Å². The molecule has 178 valence electrons. The van der Waals surface area contributed by atoms with E-state index in [2.05, 4.69) is 20.1 Å². The first kappa shape index (κ1) is 22.8. The van der Waals surface area contributed by atoms with Gasteiger partial charge in [-0.25, -0.2) is 9.97 Å². The number of amides is 1. The summed E-state index contributed by atoms with van der Waals surface area (Å²) in [5.41, 5.74) is 2.49. The highest BCUT2D eigenvalue weighted by molar-refractivity contribution is 6.31. The number of furan rings is 1. The third kappa shape index (κ3) is 4.19. The quantitative estimate of drug-likeness (QED) is 0.376. The number of nitrogens with zero attached hydrogens (tertiary/aromatic N) is 5. The van der Waals surface area contributed by atoms with Crippen molar-refractivity contribution in [1.82, 2.24) is 29.6 Å². The molecule has 0 bridgehead atoms. The van der Waals surface area contributed by atoms with Crippen molar-refractivity contribution in [1.29, 1.82) is 0 Å². The molecule has 1 aromatic carbocycles. The number of H-pyrrole nitrogens is 1. The van der Waals surface area contributed by atoms with Crippen LogP contribution in [0.5, 0.6) is 0 Å². The first-order valence-electron chi connectivity index (χ1n) is 11.2.